The maximum Gasteiger partial charge on any atom is 0.182 e. The lowest BCUT2D eigenvalue weighted by Gasteiger charge is -2.12. The second kappa shape index (κ2) is 5.26. The summed E-state index contributed by atoms with van der Waals surface area (Å²) in [6, 6.07) is 12.0. The fraction of sp³-hybridized carbons (Fsp3) is 0.0625. The largest absolute Gasteiger partial charge is 0.336 e. The van der Waals surface area contributed by atoms with E-state index in [1.54, 1.807) is 13.1 Å². The van der Waals surface area contributed by atoms with E-state index in [0.29, 0.717) is 11.3 Å². The Morgan fingerprint density at radius 2 is 1.76 bits per heavy atom. The van der Waals surface area contributed by atoms with E-state index < -0.39 is 11.6 Å². The van der Waals surface area contributed by atoms with Gasteiger partial charge in [-0.05, 0) is 30.8 Å². The first kappa shape index (κ1) is 13.7. The van der Waals surface area contributed by atoms with E-state index in [9.17, 15) is 8.78 Å². The van der Waals surface area contributed by atoms with Crippen molar-refractivity contribution in [1.29, 1.82) is 0 Å². The summed E-state index contributed by atoms with van der Waals surface area (Å²) in [5.41, 5.74) is 1.66. The van der Waals surface area contributed by atoms with Gasteiger partial charge in [-0.15, -0.1) is 0 Å². The highest BCUT2D eigenvalue weighted by Gasteiger charge is 2.18. The summed E-state index contributed by atoms with van der Waals surface area (Å²) in [5, 5.41) is 0. The van der Waals surface area contributed by atoms with Crippen LogP contribution in [0.2, 0.25) is 0 Å². The van der Waals surface area contributed by atoms with E-state index in [4.69, 9.17) is 12.2 Å². The number of benzene rings is 2. The van der Waals surface area contributed by atoms with Crippen LogP contribution in [0.5, 0.6) is 0 Å². The molecule has 5 heteroatoms. The van der Waals surface area contributed by atoms with Crippen molar-refractivity contribution in [2.45, 2.75) is 6.92 Å². The predicted molar refractivity (Wildman–Crippen MR) is 81.0 cm³/mol. The maximum atomic E-state index is 14.4. The minimum Gasteiger partial charge on any atom is -0.336 e. The van der Waals surface area contributed by atoms with Crippen molar-refractivity contribution in [3.8, 4) is 16.9 Å². The van der Waals surface area contributed by atoms with E-state index in [1.165, 1.54) is 16.7 Å². The number of rotatable bonds is 2. The molecule has 0 aliphatic rings. The fourth-order valence-corrected chi connectivity index (χ4v) is 2.51. The zero-order valence-electron chi connectivity index (χ0n) is 11.2. The number of hydrogen-bond acceptors (Lipinski definition) is 1. The smallest absolute Gasteiger partial charge is 0.182 e. The number of hydrogen-bond donors (Lipinski definition) is 1. The van der Waals surface area contributed by atoms with Gasteiger partial charge in [-0.1, -0.05) is 36.4 Å². The van der Waals surface area contributed by atoms with E-state index >= 15 is 0 Å². The van der Waals surface area contributed by atoms with Crippen LogP contribution in [0.3, 0.4) is 0 Å². The Hall–Kier alpha value is -2.27. The molecule has 0 atom stereocenters. The summed E-state index contributed by atoms with van der Waals surface area (Å²) < 4.78 is 30.2. The normalized spacial score (nSPS) is 10.8. The third kappa shape index (κ3) is 2.29. The van der Waals surface area contributed by atoms with E-state index in [2.05, 4.69) is 4.98 Å². The molecule has 0 spiro atoms. The lowest BCUT2D eigenvalue weighted by Crippen LogP contribution is -2.05. The van der Waals surface area contributed by atoms with Gasteiger partial charge >= 0.3 is 0 Å². The molecule has 0 amide bonds. The van der Waals surface area contributed by atoms with E-state index in [-0.39, 0.29) is 10.5 Å². The number of nitrogens with one attached hydrogen (secondary N) is 1. The molecule has 3 aromatic rings. The van der Waals surface area contributed by atoms with Gasteiger partial charge in [0, 0.05) is 11.8 Å². The van der Waals surface area contributed by atoms with Gasteiger partial charge in [0.1, 0.15) is 11.5 Å². The van der Waals surface area contributed by atoms with E-state index in [1.807, 2.05) is 30.3 Å². The number of aromatic amines is 1. The van der Waals surface area contributed by atoms with Gasteiger partial charge < -0.3 is 4.98 Å². The highest BCUT2D eigenvalue weighted by molar-refractivity contribution is 7.71. The van der Waals surface area contributed by atoms with Crippen LogP contribution in [0.25, 0.3) is 16.9 Å². The molecule has 0 radical (unpaired) electrons. The highest BCUT2D eigenvalue weighted by Crippen LogP contribution is 2.27. The number of H-pyrrole nitrogens is 1. The van der Waals surface area contributed by atoms with Crippen LogP contribution in [0.1, 0.15) is 5.56 Å². The summed E-state index contributed by atoms with van der Waals surface area (Å²) in [7, 11) is 0. The summed E-state index contributed by atoms with van der Waals surface area (Å²) in [6.45, 7) is 1.59. The SMILES string of the molecule is Cc1ccc(F)c(-n2c(-c3ccccc3)c[nH]c2=S)c1F. The zero-order chi connectivity index (χ0) is 15.0. The van der Waals surface area contributed by atoms with Gasteiger partial charge in [0.05, 0.1) is 5.69 Å². The van der Waals surface area contributed by atoms with Crippen LogP contribution in [0.15, 0.2) is 48.7 Å². The van der Waals surface area contributed by atoms with Crippen molar-refractivity contribution in [3.63, 3.8) is 0 Å². The summed E-state index contributed by atoms with van der Waals surface area (Å²) >= 11 is 5.19. The molecule has 1 N–H and O–H groups in total. The summed E-state index contributed by atoms with van der Waals surface area (Å²) in [6.07, 6.45) is 1.65. The molecule has 21 heavy (non-hydrogen) atoms. The molecule has 0 aliphatic heterocycles. The number of aromatic nitrogens is 2. The molecule has 106 valence electrons. The Labute approximate surface area is 125 Å². The van der Waals surface area contributed by atoms with Crippen LogP contribution in [0, 0.1) is 23.3 Å². The molecule has 0 fully saturated rings. The first-order chi connectivity index (χ1) is 10.1. The quantitative estimate of drug-likeness (QED) is 0.675. The third-order valence-corrected chi connectivity index (χ3v) is 3.63. The monoisotopic (exact) mass is 302 g/mol. The van der Waals surface area contributed by atoms with Crippen molar-refractivity contribution in [2.75, 3.05) is 0 Å². The Balaban J connectivity index is 2.33. The fourth-order valence-electron chi connectivity index (χ4n) is 2.26. The zero-order valence-corrected chi connectivity index (χ0v) is 12.0. The molecule has 0 bridgehead atoms. The standard InChI is InChI=1S/C16H12F2N2S/c1-10-7-8-12(17)15(14(10)18)20-13(9-19-16(20)21)11-5-3-2-4-6-11/h2-9H,1H3,(H,19,21). The molecular weight excluding hydrogens is 290 g/mol. The minimum atomic E-state index is -0.647. The van der Waals surface area contributed by atoms with Gasteiger partial charge in [0.15, 0.2) is 10.6 Å². The van der Waals surface area contributed by atoms with Crippen LogP contribution < -0.4 is 0 Å². The van der Waals surface area contributed by atoms with Crippen molar-refractivity contribution in [2.24, 2.45) is 0 Å². The molecule has 3 rings (SSSR count). The van der Waals surface area contributed by atoms with Crippen molar-refractivity contribution < 1.29 is 8.78 Å². The van der Waals surface area contributed by atoms with Gasteiger partial charge in [0.2, 0.25) is 0 Å². The Kier molecular flexibility index (Phi) is 3.43. The topological polar surface area (TPSA) is 20.7 Å². The molecule has 0 aliphatic carbocycles. The Morgan fingerprint density at radius 3 is 2.48 bits per heavy atom. The molecule has 1 aromatic heterocycles. The van der Waals surface area contributed by atoms with Crippen molar-refractivity contribution in [1.82, 2.24) is 9.55 Å². The maximum absolute atomic E-state index is 14.4. The van der Waals surface area contributed by atoms with E-state index in [0.717, 1.165) is 5.56 Å². The molecule has 1 heterocycles. The molecule has 2 aromatic carbocycles. The third-order valence-electron chi connectivity index (χ3n) is 3.33. The molecule has 0 saturated carbocycles. The number of imidazole rings is 1. The second-order valence-corrected chi connectivity index (χ2v) is 5.09. The van der Waals surface area contributed by atoms with Gasteiger partial charge in [-0.25, -0.2) is 8.78 Å². The number of halogens is 2. The number of nitrogens with zero attached hydrogens (tertiary/aromatic N) is 1. The first-order valence-electron chi connectivity index (χ1n) is 6.40. The molecular formula is C16H12F2N2S. The number of aryl methyl sites for hydroxylation is 1. The lowest BCUT2D eigenvalue weighted by molar-refractivity contribution is 0.563. The summed E-state index contributed by atoms with van der Waals surface area (Å²) in [5.74, 6) is -1.26. The average Bonchev–Trinajstić information content (AvgIpc) is 2.87. The van der Waals surface area contributed by atoms with Gasteiger partial charge in [-0.2, -0.15) is 0 Å². The minimum absolute atomic E-state index is 0.153. The Bertz CT molecular complexity index is 850. The van der Waals surface area contributed by atoms with Crippen LogP contribution in [0.4, 0.5) is 8.78 Å². The molecule has 2 nitrogen and oxygen atoms in total. The lowest BCUT2D eigenvalue weighted by atomic mass is 10.1. The van der Waals surface area contributed by atoms with Crippen LogP contribution in [-0.2, 0) is 0 Å². The molecule has 0 saturated heterocycles. The van der Waals surface area contributed by atoms with Crippen molar-refractivity contribution >= 4 is 12.2 Å². The molecule has 0 unspecified atom stereocenters. The predicted octanol–water partition coefficient (Wildman–Crippen LogP) is 4.79. The average molecular weight is 302 g/mol. The summed E-state index contributed by atoms with van der Waals surface area (Å²) in [4.78, 5) is 2.85. The second-order valence-electron chi connectivity index (χ2n) is 4.71. The van der Waals surface area contributed by atoms with Crippen molar-refractivity contribution in [3.05, 3.63) is 70.6 Å². The van der Waals surface area contributed by atoms with Crippen LogP contribution in [-0.4, -0.2) is 9.55 Å². The van der Waals surface area contributed by atoms with Crippen LogP contribution >= 0.6 is 12.2 Å². The highest BCUT2D eigenvalue weighted by atomic mass is 32.1. The van der Waals surface area contributed by atoms with Gasteiger partial charge in [-0.3, -0.25) is 4.57 Å². The Morgan fingerprint density at radius 1 is 1.05 bits per heavy atom. The van der Waals surface area contributed by atoms with Gasteiger partial charge in [0.25, 0.3) is 0 Å². The first-order valence-corrected chi connectivity index (χ1v) is 6.81.